The Labute approximate surface area is 290 Å². The third kappa shape index (κ3) is 17.1. The third-order valence-electron chi connectivity index (χ3n) is 8.06. The van der Waals surface area contributed by atoms with Gasteiger partial charge >= 0.3 is 17.1 Å². The molecule has 0 N–H and O–H groups in total. The average Bonchev–Trinajstić information content (AvgIpc) is 2.82. The van der Waals surface area contributed by atoms with Gasteiger partial charge in [0.2, 0.25) is 0 Å². The molecule has 1 rings (SSSR count). The van der Waals surface area contributed by atoms with Crippen molar-refractivity contribution in [2.45, 2.75) is 176 Å². The summed E-state index contributed by atoms with van der Waals surface area (Å²) in [6.07, 6.45) is 3.55. The molecule has 276 valence electrons. The van der Waals surface area contributed by atoms with E-state index in [1.165, 1.54) is 12.2 Å². The molecular weight excluding hydrogens is 643 g/mol. The van der Waals surface area contributed by atoms with E-state index >= 15 is 0 Å². The molecule has 0 aliphatic heterocycles. The SMILES string of the molecule is C=CCn1c(=O)n(CC=C)c(=O)n(CCC[Si](C)(OC)C(C)(C)C)c1=O.CC(C)(C)O[Si](C)(C)C.CC(C)(C)O[Si](C)(C)C(C)(C)C. The van der Waals surface area contributed by atoms with E-state index in [1.54, 1.807) is 7.11 Å². The lowest BCUT2D eigenvalue weighted by Gasteiger charge is -2.41. The van der Waals surface area contributed by atoms with Crippen molar-refractivity contribution in [1.29, 1.82) is 0 Å². The summed E-state index contributed by atoms with van der Waals surface area (Å²) in [6, 6.07) is 0.806. The largest absolute Gasteiger partial charge is 0.420 e. The lowest BCUT2D eigenvalue weighted by molar-refractivity contribution is 0.112. The minimum Gasteiger partial charge on any atom is -0.420 e. The number of aromatic nitrogens is 3. The first kappa shape index (κ1) is 47.5. The van der Waals surface area contributed by atoms with Crippen LogP contribution < -0.4 is 17.1 Å². The molecule has 1 aromatic heterocycles. The summed E-state index contributed by atoms with van der Waals surface area (Å²) in [6.45, 7) is 46.8. The molecule has 0 amide bonds. The van der Waals surface area contributed by atoms with Crippen molar-refractivity contribution in [2.75, 3.05) is 7.11 Å². The van der Waals surface area contributed by atoms with E-state index in [2.05, 4.69) is 136 Å². The Hall–Kier alpha value is -1.58. The Kier molecular flexibility index (Phi) is 18.1. The maximum absolute atomic E-state index is 12.6. The van der Waals surface area contributed by atoms with Crippen LogP contribution in [0.1, 0.15) is 89.5 Å². The molecule has 0 radical (unpaired) electrons. The second-order valence-electron chi connectivity index (χ2n) is 17.9. The first-order valence-corrected chi connectivity index (χ1v) is 25.7. The Morgan fingerprint density at radius 2 is 0.979 bits per heavy atom. The number of hydrogen-bond donors (Lipinski definition) is 0. The smallest absolute Gasteiger partial charge is 0.336 e. The van der Waals surface area contributed by atoms with Gasteiger partial charge in [0.25, 0.3) is 0 Å². The van der Waals surface area contributed by atoms with Crippen LogP contribution in [-0.2, 0) is 32.9 Å². The minimum atomic E-state index is -2.01. The van der Waals surface area contributed by atoms with Crippen molar-refractivity contribution in [1.82, 2.24) is 13.7 Å². The minimum absolute atomic E-state index is 0.00298. The first-order valence-electron chi connectivity index (χ1n) is 16.8. The van der Waals surface area contributed by atoms with E-state index in [0.717, 1.165) is 19.7 Å². The predicted octanol–water partition coefficient (Wildman–Crippen LogP) is 8.40. The summed E-state index contributed by atoms with van der Waals surface area (Å²) in [5, 5.41) is 0.359. The fraction of sp³-hybridized carbons (Fsp3) is 0.800. The molecule has 9 nitrogen and oxygen atoms in total. The normalized spacial score (nSPS) is 14.3. The molecule has 0 saturated carbocycles. The van der Waals surface area contributed by atoms with E-state index < -0.39 is 42.0 Å². The maximum Gasteiger partial charge on any atom is 0.336 e. The van der Waals surface area contributed by atoms with Crippen LogP contribution in [-0.4, -0.2) is 57.0 Å². The van der Waals surface area contributed by atoms with E-state index in [0.29, 0.717) is 11.5 Å². The van der Waals surface area contributed by atoms with E-state index in [-0.39, 0.29) is 35.9 Å². The topological polar surface area (TPSA) is 93.7 Å². The zero-order valence-electron chi connectivity index (χ0n) is 33.9. The maximum atomic E-state index is 12.6. The zero-order chi connectivity index (χ0) is 38.0. The van der Waals surface area contributed by atoms with Crippen molar-refractivity contribution >= 4 is 25.0 Å². The number of hydrogen-bond acceptors (Lipinski definition) is 6. The summed E-state index contributed by atoms with van der Waals surface area (Å²) < 4.78 is 20.9. The average molecular weight is 716 g/mol. The standard InChI is InChI=1S/C18H31N3O4Si.C10H24OSi.C7H18OSi/c1-8-11-19-15(22)20(12-9-2)17(24)21(16(19)23)13-10-14-26(7,25-6)18(3,4)5;1-9(2,3)11-12(7,8)10(4,5)6;1-7(2,3)8-9(4,5)6/h8-9H,1-2,10-14H2,3-7H3;1-8H3;1-6H3. The molecule has 0 aromatic carbocycles. The van der Waals surface area contributed by atoms with Gasteiger partial charge in [-0.25, -0.2) is 28.1 Å². The Morgan fingerprint density at radius 3 is 1.19 bits per heavy atom. The summed E-state index contributed by atoms with van der Waals surface area (Å²) in [7, 11) is -3.11. The predicted molar refractivity (Wildman–Crippen MR) is 210 cm³/mol. The molecule has 47 heavy (non-hydrogen) atoms. The van der Waals surface area contributed by atoms with Crippen molar-refractivity contribution in [3.8, 4) is 0 Å². The molecule has 0 saturated heterocycles. The van der Waals surface area contributed by atoms with Crippen LogP contribution in [0.25, 0.3) is 0 Å². The highest BCUT2D eigenvalue weighted by Gasteiger charge is 2.41. The quantitative estimate of drug-likeness (QED) is 0.169. The molecule has 1 atom stereocenters. The summed E-state index contributed by atoms with van der Waals surface area (Å²) >= 11 is 0. The van der Waals surface area contributed by atoms with Crippen LogP contribution >= 0.6 is 0 Å². The van der Waals surface area contributed by atoms with Crippen molar-refractivity contribution in [3.05, 3.63) is 56.8 Å². The van der Waals surface area contributed by atoms with Crippen LogP contribution in [0, 0.1) is 0 Å². The summed E-state index contributed by atoms with van der Waals surface area (Å²) in [5.41, 5.74) is -1.79. The summed E-state index contributed by atoms with van der Waals surface area (Å²) in [4.78, 5) is 37.6. The van der Waals surface area contributed by atoms with Gasteiger partial charge in [0.05, 0.1) is 13.1 Å². The first-order chi connectivity index (χ1) is 20.7. The molecule has 0 aliphatic rings. The number of rotatable bonds is 11. The Morgan fingerprint density at radius 1 is 0.617 bits per heavy atom. The fourth-order valence-electron chi connectivity index (χ4n) is 4.64. The fourth-order valence-corrected chi connectivity index (χ4v) is 10.7. The number of nitrogens with zero attached hydrogens (tertiary/aromatic N) is 3. The third-order valence-corrected chi connectivity index (χ3v) is 19.4. The van der Waals surface area contributed by atoms with E-state index in [1.807, 2.05) is 0 Å². The molecule has 12 heteroatoms. The van der Waals surface area contributed by atoms with Gasteiger partial charge in [-0.1, -0.05) is 53.7 Å². The van der Waals surface area contributed by atoms with Crippen LogP contribution in [0.2, 0.25) is 55.4 Å². The van der Waals surface area contributed by atoms with E-state index in [4.69, 9.17) is 13.3 Å². The van der Waals surface area contributed by atoms with Gasteiger partial charge in [-0.05, 0) is 103 Å². The highest BCUT2D eigenvalue weighted by Crippen LogP contribution is 2.40. The molecular formula is C35H73N3O6Si3. The molecule has 0 aliphatic carbocycles. The molecule has 1 unspecified atom stereocenters. The van der Waals surface area contributed by atoms with Gasteiger partial charge in [0, 0.05) is 24.9 Å². The zero-order valence-corrected chi connectivity index (χ0v) is 36.9. The van der Waals surface area contributed by atoms with Gasteiger partial charge in [-0.2, -0.15) is 0 Å². The highest BCUT2D eigenvalue weighted by molar-refractivity contribution is 6.75. The highest BCUT2D eigenvalue weighted by atomic mass is 28.4. The van der Waals surface area contributed by atoms with Gasteiger partial charge in [0.1, 0.15) is 0 Å². The molecule has 0 spiro atoms. The lowest BCUT2D eigenvalue weighted by Crippen LogP contribution is -2.54. The van der Waals surface area contributed by atoms with Crippen LogP contribution in [0.5, 0.6) is 0 Å². The molecule has 1 aromatic rings. The van der Waals surface area contributed by atoms with Crippen LogP contribution in [0.15, 0.2) is 39.7 Å². The van der Waals surface area contributed by atoms with Crippen molar-refractivity contribution < 1.29 is 13.3 Å². The van der Waals surface area contributed by atoms with Crippen LogP contribution in [0.4, 0.5) is 0 Å². The lowest BCUT2D eigenvalue weighted by atomic mass is 10.2. The summed E-state index contributed by atoms with van der Waals surface area (Å²) in [5.74, 6) is 0. The van der Waals surface area contributed by atoms with Gasteiger partial charge in [-0.15, -0.1) is 13.2 Å². The van der Waals surface area contributed by atoms with Gasteiger partial charge in [-0.3, -0.25) is 0 Å². The van der Waals surface area contributed by atoms with Crippen molar-refractivity contribution in [3.63, 3.8) is 0 Å². The Bertz CT molecular complexity index is 1250. The Balaban J connectivity index is 0. The molecule has 0 fully saturated rings. The second-order valence-corrected chi connectivity index (χ2v) is 31.9. The van der Waals surface area contributed by atoms with Gasteiger partial charge < -0.3 is 13.3 Å². The molecule has 1 heterocycles. The van der Waals surface area contributed by atoms with E-state index in [9.17, 15) is 14.4 Å². The van der Waals surface area contributed by atoms with Crippen LogP contribution in [0.3, 0.4) is 0 Å². The monoisotopic (exact) mass is 715 g/mol. The van der Waals surface area contributed by atoms with Gasteiger partial charge in [0.15, 0.2) is 25.0 Å². The van der Waals surface area contributed by atoms with Crippen molar-refractivity contribution in [2.24, 2.45) is 0 Å². The number of allylic oxidation sites excluding steroid dienone is 2. The molecule has 0 bridgehead atoms. The second kappa shape index (κ2) is 17.9.